The van der Waals surface area contributed by atoms with Crippen molar-refractivity contribution in [3.05, 3.63) is 11.8 Å². The van der Waals surface area contributed by atoms with E-state index in [4.69, 9.17) is 0 Å². The number of hydrogen-bond donors (Lipinski definition) is 1. The summed E-state index contributed by atoms with van der Waals surface area (Å²) in [6.07, 6.45) is 4.64. The molecular weight excluding hydrogens is 202 g/mol. The lowest BCUT2D eigenvalue weighted by molar-refractivity contribution is 0.592. The minimum atomic E-state index is -3.30. The van der Waals surface area contributed by atoms with Crippen LogP contribution in [0, 0.1) is 0 Å². The van der Waals surface area contributed by atoms with E-state index in [1.54, 1.807) is 6.20 Å². The number of nitrogens with zero attached hydrogens (tertiary/aromatic N) is 2. The van der Waals surface area contributed by atoms with Crippen molar-refractivity contribution in [2.24, 2.45) is 0 Å². The minimum absolute atomic E-state index is 0.106. The Morgan fingerprint density at radius 2 is 2.29 bits per heavy atom. The van der Waals surface area contributed by atoms with Gasteiger partial charge < -0.3 is 5.32 Å². The predicted molar refractivity (Wildman–Crippen MR) is 52.0 cm³/mol. The van der Waals surface area contributed by atoms with E-state index in [0.29, 0.717) is 5.82 Å². The molecule has 0 amide bonds. The topological polar surface area (TPSA) is 72.0 Å². The Balaban J connectivity index is 2.49. The number of nitrogens with one attached hydrogen (secondary N) is 1. The van der Waals surface area contributed by atoms with E-state index in [2.05, 4.69) is 15.3 Å². The lowest BCUT2D eigenvalue weighted by Gasteiger charge is -2.16. The summed E-state index contributed by atoms with van der Waals surface area (Å²) in [5.41, 5.74) is 0.989. The van der Waals surface area contributed by atoms with Crippen LogP contribution in [0.25, 0.3) is 0 Å². The number of aromatic nitrogens is 2. The van der Waals surface area contributed by atoms with Crippen molar-refractivity contribution >= 4 is 15.7 Å². The second-order valence-corrected chi connectivity index (χ2v) is 5.24. The second kappa shape index (κ2) is 3.20. The molecule has 1 aliphatic rings. The minimum Gasteiger partial charge on any atom is -0.370 e. The Labute approximate surface area is 82.5 Å². The maximum absolute atomic E-state index is 11.2. The van der Waals surface area contributed by atoms with E-state index < -0.39 is 9.84 Å². The van der Waals surface area contributed by atoms with Gasteiger partial charge in [0.25, 0.3) is 0 Å². The van der Waals surface area contributed by atoms with Crippen LogP contribution in [0.15, 0.2) is 11.4 Å². The van der Waals surface area contributed by atoms with Crippen LogP contribution >= 0.6 is 0 Å². The Hall–Kier alpha value is -1.17. The summed E-state index contributed by atoms with van der Waals surface area (Å²) in [6, 6.07) is 0. The van der Waals surface area contributed by atoms with Gasteiger partial charge in [-0.3, -0.25) is 0 Å². The average Bonchev–Trinajstić information content (AvgIpc) is 2.16. The van der Waals surface area contributed by atoms with Crippen LogP contribution in [0.2, 0.25) is 0 Å². The standard InChI is InChI=1S/C8H11N3O2S/c1-14(12,13)8-10-5-6-3-2-4-9-7(6)11-8/h5H,2-4H2,1H3,(H,9,10,11). The number of anilines is 1. The third kappa shape index (κ3) is 1.70. The smallest absolute Gasteiger partial charge is 0.248 e. The summed E-state index contributed by atoms with van der Waals surface area (Å²) in [5.74, 6) is 0.659. The summed E-state index contributed by atoms with van der Waals surface area (Å²) >= 11 is 0. The van der Waals surface area contributed by atoms with Crippen LogP contribution in [0.4, 0.5) is 5.82 Å². The summed E-state index contributed by atoms with van der Waals surface area (Å²) in [4.78, 5) is 7.80. The van der Waals surface area contributed by atoms with Crippen molar-refractivity contribution in [2.45, 2.75) is 18.0 Å². The highest BCUT2D eigenvalue weighted by Crippen LogP contribution is 2.19. The van der Waals surface area contributed by atoms with Gasteiger partial charge >= 0.3 is 0 Å². The molecule has 1 aromatic rings. The first-order chi connectivity index (χ1) is 6.57. The highest BCUT2D eigenvalue weighted by molar-refractivity contribution is 7.90. The van der Waals surface area contributed by atoms with E-state index in [0.717, 1.165) is 31.2 Å². The van der Waals surface area contributed by atoms with Gasteiger partial charge in [0, 0.05) is 24.6 Å². The highest BCUT2D eigenvalue weighted by atomic mass is 32.2. The van der Waals surface area contributed by atoms with E-state index in [1.807, 2.05) is 0 Å². The number of aryl methyl sites for hydroxylation is 1. The summed E-state index contributed by atoms with van der Waals surface area (Å²) in [7, 11) is -3.30. The van der Waals surface area contributed by atoms with Crippen LogP contribution in [0.3, 0.4) is 0 Å². The Morgan fingerprint density at radius 1 is 1.50 bits per heavy atom. The van der Waals surface area contributed by atoms with Crippen molar-refractivity contribution < 1.29 is 8.42 Å². The molecule has 0 aliphatic carbocycles. The molecular formula is C8H11N3O2S. The highest BCUT2D eigenvalue weighted by Gasteiger charge is 2.16. The van der Waals surface area contributed by atoms with E-state index >= 15 is 0 Å². The normalized spacial score (nSPS) is 15.8. The third-order valence-corrected chi connectivity index (χ3v) is 2.95. The monoisotopic (exact) mass is 213 g/mol. The first-order valence-electron chi connectivity index (χ1n) is 4.37. The molecule has 0 atom stereocenters. The molecule has 2 heterocycles. The molecule has 0 fully saturated rings. The van der Waals surface area contributed by atoms with Crippen LogP contribution in [-0.2, 0) is 16.3 Å². The fourth-order valence-corrected chi connectivity index (χ4v) is 1.89. The fourth-order valence-electron chi connectivity index (χ4n) is 1.39. The maximum atomic E-state index is 11.2. The molecule has 2 rings (SSSR count). The first kappa shape index (κ1) is 9.39. The number of sulfone groups is 1. The van der Waals surface area contributed by atoms with Crippen molar-refractivity contribution in [3.63, 3.8) is 0 Å². The Morgan fingerprint density at radius 3 is 3.00 bits per heavy atom. The zero-order valence-corrected chi connectivity index (χ0v) is 8.63. The van der Waals surface area contributed by atoms with Gasteiger partial charge in [0.2, 0.25) is 15.0 Å². The zero-order valence-electron chi connectivity index (χ0n) is 7.82. The summed E-state index contributed by atoms with van der Waals surface area (Å²) in [5, 5.41) is 2.95. The van der Waals surface area contributed by atoms with Crippen molar-refractivity contribution in [2.75, 3.05) is 18.1 Å². The molecule has 1 aliphatic heterocycles. The molecule has 1 aromatic heterocycles. The van der Waals surface area contributed by atoms with Gasteiger partial charge in [-0.1, -0.05) is 0 Å². The van der Waals surface area contributed by atoms with Crippen LogP contribution < -0.4 is 5.32 Å². The fraction of sp³-hybridized carbons (Fsp3) is 0.500. The number of hydrogen-bond acceptors (Lipinski definition) is 5. The van der Waals surface area contributed by atoms with E-state index in [-0.39, 0.29) is 5.16 Å². The van der Waals surface area contributed by atoms with E-state index in [1.165, 1.54) is 0 Å². The van der Waals surface area contributed by atoms with Gasteiger partial charge in [0.15, 0.2) is 0 Å². The van der Waals surface area contributed by atoms with Crippen LogP contribution in [-0.4, -0.2) is 31.2 Å². The molecule has 0 aromatic carbocycles. The van der Waals surface area contributed by atoms with Crippen LogP contribution in [0.1, 0.15) is 12.0 Å². The van der Waals surface area contributed by atoms with Crippen molar-refractivity contribution in [1.29, 1.82) is 0 Å². The Bertz CT molecular complexity index is 456. The Kier molecular flexibility index (Phi) is 2.14. The molecule has 0 unspecified atom stereocenters. The molecule has 14 heavy (non-hydrogen) atoms. The lowest BCUT2D eigenvalue weighted by atomic mass is 10.1. The molecule has 0 radical (unpaired) electrons. The molecule has 5 nitrogen and oxygen atoms in total. The average molecular weight is 213 g/mol. The molecule has 0 saturated carbocycles. The molecule has 0 spiro atoms. The lowest BCUT2D eigenvalue weighted by Crippen LogP contribution is -2.16. The van der Waals surface area contributed by atoms with E-state index in [9.17, 15) is 8.42 Å². The van der Waals surface area contributed by atoms with Crippen molar-refractivity contribution in [3.8, 4) is 0 Å². The summed E-state index contributed by atoms with van der Waals surface area (Å²) in [6.45, 7) is 0.840. The zero-order chi connectivity index (χ0) is 10.2. The summed E-state index contributed by atoms with van der Waals surface area (Å²) < 4.78 is 22.3. The van der Waals surface area contributed by atoms with Gasteiger partial charge in [-0.25, -0.2) is 18.4 Å². The van der Waals surface area contributed by atoms with Gasteiger partial charge in [0.05, 0.1) is 0 Å². The van der Waals surface area contributed by atoms with Gasteiger partial charge in [0.1, 0.15) is 5.82 Å². The number of fused-ring (bicyclic) bond motifs is 1. The van der Waals surface area contributed by atoms with Crippen molar-refractivity contribution in [1.82, 2.24) is 9.97 Å². The second-order valence-electron chi connectivity index (χ2n) is 3.33. The SMILES string of the molecule is CS(=O)(=O)c1ncc2c(n1)NCCC2. The molecule has 0 bridgehead atoms. The first-order valence-corrected chi connectivity index (χ1v) is 6.26. The van der Waals surface area contributed by atoms with Gasteiger partial charge in [-0.2, -0.15) is 0 Å². The third-order valence-electron chi connectivity index (χ3n) is 2.09. The quantitative estimate of drug-likeness (QED) is 0.676. The molecule has 0 saturated heterocycles. The maximum Gasteiger partial charge on any atom is 0.248 e. The number of rotatable bonds is 1. The molecule has 1 N–H and O–H groups in total. The molecule has 6 heteroatoms. The largest absolute Gasteiger partial charge is 0.370 e. The molecule has 76 valence electrons. The predicted octanol–water partition coefficient (Wildman–Crippen LogP) is 0.238. The van der Waals surface area contributed by atoms with Gasteiger partial charge in [-0.15, -0.1) is 0 Å². The van der Waals surface area contributed by atoms with Crippen LogP contribution in [0.5, 0.6) is 0 Å². The van der Waals surface area contributed by atoms with Gasteiger partial charge in [-0.05, 0) is 12.8 Å².